The molecule has 1 fully saturated rings. The second-order valence-electron chi connectivity index (χ2n) is 2.52. The molecule has 1 saturated heterocycles. The first-order valence-electron chi connectivity index (χ1n) is 3.51. The molecule has 60 valence electrons. The number of rotatable bonds is 1. The lowest BCUT2D eigenvalue weighted by Gasteiger charge is -2.17. The molecule has 0 aromatic rings. The van der Waals surface area contributed by atoms with Gasteiger partial charge in [-0.15, -0.1) is 0 Å². The van der Waals surface area contributed by atoms with Crippen LogP contribution >= 0.6 is 15.9 Å². The zero-order valence-corrected chi connectivity index (χ0v) is 7.99. The summed E-state index contributed by atoms with van der Waals surface area (Å²) < 4.78 is 6.14. The summed E-state index contributed by atoms with van der Waals surface area (Å²) in [5, 5.41) is 0. The highest BCUT2D eigenvalue weighted by Crippen LogP contribution is 2.20. The summed E-state index contributed by atoms with van der Waals surface area (Å²) in [5.41, 5.74) is 2.31. The molecule has 0 radical (unpaired) electrons. The fourth-order valence-electron chi connectivity index (χ4n) is 0.973. The van der Waals surface area contributed by atoms with E-state index in [-0.39, 0.29) is 0 Å². The fourth-order valence-corrected chi connectivity index (χ4v) is 1.25. The van der Waals surface area contributed by atoms with Crippen LogP contribution in [-0.4, -0.2) is 13.2 Å². The van der Waals surface area contributed by atoms with Crippen LogP contribution in [0.1, 0.15) is 6.42 Å². The van der Waals surface area contributed by atoms with E-state index in [1.807, 2.05) is 6.08 Å². The zero-order valence-electron chi connectivity index (χ0n) is 6.40. The van der Waals surface area contributed by atoms with E-state index in [2.05, 4.69) is 29.1 Å². The van der Waals surface area contributed by atoms with Crippen LogP contribution in [0.3, 0.4) is 0 Å². The SMILES string of the molecule is C=C(Br)/C=C1/COCCC1=C. The number of allylic oxidation sites excluding steroid dienone is 2. The smallest absolute Gasteiger partial charge is 0.0719 e. The Bertz CT molecular complexity index is 216. The Morgan fingerprint density at radius 3 is 2.91 bits per heavy atom. The maximum absolute atomic E-state index is 5.26. The summed E-state index contributed by atoms with van der Waals surface area (Å²) in [4.78, 5) is 0. The Morgan fingerprint density at radius 2 is 2.36 bits per heavy atom. The molecule has 1 aliphatic rings. The summed E-state index contributed by atoms with van der Waals surface area (Å²) in [6, 6.07) is 0. The van der Waals surface area contributed by atoms with Crippen molar-refractivity contribution in [1.82, 2.24) is 0 Å². The summed E-state index contributed by atoms with van der Waals surface area (Å²) in [6.07, 6.45) is 2.90. The number of ether oxygens (including phenoxy) is 1. The van der Waals surface area contributed by atoms with Gasteiger partial charge in [0, 0.05) is 4.48 Å². The molecule has 1 aliphatic heterocycles. The Hall–Kier alpha value is -0.340. The van der Waals surface area contributed by atoms with E-state index in [0.29, 0.717) is 6.61 Å². The molecule has 0 aliphatic carbocycles. The normalized spacial score (nSPS) is 22.3. The first-order valence-corrected chi connectivity index (χ1v) is 4.30. The third-order valence-corrected chi connectivity index (χ3v) is 1.82. The monoisotopic (exact) mass is 214 g/mol. The van der Waals surface area contributed by atoms with Crippen molar-refractivity contribution in [3.8, 4) is 0 Å². The molecule has 2 heteroatoms. The second-order valence-corrected chi connectivity index (χ2v) is 3.54. The summed E-state index contributed by atoms with van der Waals surface area (Å²) in [6.45, 7) is 9.13. The second kappa shape index (κ2) is 3.88. The Balaban J connectivity index is 2.68. The van der Waals surface area contributed by atoms with Crippen LogP contribution in [0, 0.1) is 0 Å². The van der Waals surface area contributed by atoms with Crippen LogP contribution < -0.4 is 0 Å². The summed E-state index contributed by atoms with van der Waals surface area (Å²) >= 11 is 3.27. The van der Waals surface area contributed by atoms with E-state index in [1.165, 1.54) is 0 Å². The van der Waals surface area contributed by atoms with Crippen molar-refractivity contribution in [2.75, 3.05) is 13.2 Å². The third-order valence-electron chi connectivity index (χ3n) is 1.59. The van der Waals surface area contributed by atoms with Gasteiger partial charge in [-0.05, 0) is 23.6 Å². The van der Waals surface area contributed by atoms with Crippen molar-refractivity contribution < 1.29 is 4.74 Å². The van der Waals surface area contributed by atoms with Crippen LogP contribution in [0.5, 0.6) is 0 Å². The lowest BCUT2D eigenvalue weighted by atomic mass is 10.0. The largest absolute Gasteiger partial charge is 0.376 e. The van der Waals surface area contributed by atoms with Crippen LogP contribution in [0.4, 0.5) is 0 Å². The average molecular weight is 215 g/mol. The van der Waals surface area contributed by atoms with Crippen molar-refractivity contribution in [2.45, 2.75) is 6.42 Å². The minimum atomic E-state index is 0.670. The zero-order chi connectivity index (χ0) is 8.27. The van der Waals surface area contributed by atoms with Crippen LogP contribution in [0.15, 0.2) is 34.9 Å². The minimum Gasteiger partial charge on any atom is -0.376 e. The van der Waals surface area contributed by atoms with Gasteiger partial charge in [-0.2, -0.15) is 0 Å². The lowest BCUT2D eigenvalue weighted by molar-refractivity contribution is 0.146. The highest BCUT2D eigenvalue weighted by Gasteiger charge is 2.08. The molecular formula is C9H11BrO. The molecule has 0 unspecified atom stereocenters. The standard InChI is InChI=1S/C9H11BrO/c1-7-3-4-11-6-9(7)5-8(2)10/h5H,1-4,6H2/b9-5-. The van der Waals surface area contributed by atoms with Gasteiger partial charge in [0.05, 0.1) is 13.2 Å². The van der Waals surface area contributed by atoms with Crippen LogP contribution in [-0.2, 0) is 4.74 Å². The molecule has 1 nitrogen and oxygen atoms in total. The Morgan fingerprint density at radius 1 is 1.64 bits per heavy atom. The molecule has 0 atom stereocenters. The van der Waals surface area contributed by atoms with E-state index in [4.69, 9.17) is 4.74 Å². The van der Waals surface area contributed by atoms with Crippen molar-refractivity contribution >= 4 is 15.9 Å². The van der Waals surface area contributed by atoms with Gasteiger partial charge >= 0.3 is 0 Å². The van der Waals surface area contributed by atoms with Gasteiger partial charge in [0.15, 0.2) is 0 Å². The highest BCUT2D eigenvalue weighted by atomic mass is 79.9. The van der Waals surface area contributed by atoms with E-state index in [9.17, 15) is 0 Å². The molecule has 0 amide bonds. The summed E-state index contributed by atoms with van der Waals surface area (Å²) in [5.74, 6) is 0. The molecular weight excluding hydrogens is 204 g/mol. The molecule has 1 rings (SSSR count). The predicted octanol–water partition coefficient (Wildman–Crippen LogP) is 2.80. The average Bonchev–Trinajstić information content (AvgIpc) is 1.93. The first kappa shape index (κ1) is 8.75. The fraction of sp³-hybridized carbons (Fsp3) is 0.333. The molecule has 0 aromatic carbocycles. The molecule has 0 spiro atoms. The minimum absolute atomic E-state index is 0.670. The molecule has 0 bridgehead atoms. The molecule has 1 heterocycles. The van der Waals surface area contributed by atoms with Gasteiger partial charge < -0.3 is 4.74 Å². The molecule has 11 heavy (non-hydrogen) atoms. The van der Waals surface area contributed by atoms with Gasteiger partial charge in [0.25, 0.3) is 0 Å². The predicted molar refractivity (Wildman–Crippen MR) is 50.7 cm³/mol. The van der Waals surface area contributed by atoms with Gasteiger partial charge in [0.2, 0.25) is 0 Å². The molecule has 0 saturated carbocycles. The topological polar surface area (TPSA) is 9.23 Å². The van der Waals surface area contributed by atoms with Gasteiger partial charge in [-0.25, -0.2) is 0 Å². The van der Waals surface area contributed by atoms with Gasteiger partial charge in [-0.3, -0.25) is 0 Å². The number of hydrogen-bond acceptors (Lipinski definition) is 1. The van der Waals surface area contributed by atoms with Crippen molar-refractivity contribution in [3.63, 3.8) is 0 Å². The molecule has 0 N–H and O–H groups in total. The van der Waals surface area contributed by atoms with E-state index < -0.39 is 0 Å². The van der Waals surface area contributed by atoms with Crippen molar-refractivity contribution in [2.24, 2.45) is 0 Å². The van der Waals surface area contributed by atoms with E-state index in [1.54, 1.807) is 0 Å². The van der Waals surface area contributed by atoms with Crippen molar-refractivity contribution in [3.05, 3.63) is 34.9 Å². The lowest BCUT2D eigenvalue weighted by Crippen LogP contribution is -2.10. The number of hydrogen-bond donors (Lipinski definition) is 0. The first-order chi connectivity index (χ1) is 5.20. The van der Waals surface area contributed by atoms with Crippen molar-refractivity contribution in [1.29, 1.82) is 0 Å². The summed E-state index contributed by atoms with van der Waals surface area (Å²) in [7, 11) is 0. The number of halogens is 1. The van der Waals surface area contributed by atoms with Gasteiger partial charge in [-0.1, -0.05) is 29.1 Å². The van der Waals surface area contributed by atoms with Crippen LogP contribution in [0.2, 0.25) is 0 Å². The Labute approximate surface area is 75.6 Å². The van der Waals surface area contributed by atoms with E-state index in [0.717, 1.165) is 28.7 Å². The Kier molecular flexibility index (Phi) is 3.09. The molecule has 0 aromatic heterocycles. The van der Waals surface area contributed by atoms with E-state index >= 15 is 0 Å². The maximum atomic E-state index is 5.26. The maximum Gasteiger partial charge on any atom is 0.0719 e. The highest BCUT2D eigenvalue weighted by molar-refractivity contribution is 9.11. The quantitative estimate of drug-likeness (QED) is 0.653. The van der Waals surface area contributed by atoms with Gasteiger partial charge in [0.1, 0.15) is 0 Å². The third kappa shape index (κ3) is 2.64. The van der Waals surface area contributed by atoms with Crippen LogP contribution in [0.25, 0.3) is 0 Å².